The lowest BCUT2D eigenvalue weighted by atomic mass is 10.0. The molecule has 0 fully saturated rings. The molecule has 6 nitrogen and oxygen atoms in total. The van der Waals surface area contributed by atoms with E-state index in [9.17, 15) is 0 Å². The van der Waals surface area contributed by atoms with Crippen molar-refractivity contribution in [3.8, 4) is 11.5 Å². The molecule has 3 rings (SSSR count). The molecule has 27 heavy (non-hydrogen) atoms. The fraction of sp³-hybridized carbons (Fsp3) is 0.286. The lowest BCUT2D eigenvalue weighted by Crippen LogP contribution is -2.10. The molecule has 1 aromatic heterocycles. The smallest absolute Gasteiger partial charge is 0.141 e. The molecule has 0 spiro atoms. The van der Waals surface area contributed by atoms with Gasteiger partial charge >= 0.3 is 0 Å². The van der Waals surface area contributed by atoms with Crippen LogP contribution in [0.4, 0.5) is 0 Å². The number of aromatic nitrogens is 3. The van der Waals surface area contributed by atoms with Crippen molar-refractivity contribution in [2.75, 3.05) is 13.2 Å². The maximum Gasteiger partial charge on any atom is 0.141 e. The van der Waals surface area contributed by atoms with Crippen LogP contribution in [0.1, 0.15) is 36.5 Å². The molecule has 0 aliphatic rings. The molecule has 0 saturated carbocycles. The van der Waals surface area contributed by atoms with Gasteiger partial charge in [-0.15, -0.1) is 10.2 Å². The summed E-state index contributed by atoms with van der Waals surface area (Å²) in [5, 5.41) is 11.6. The van der Waals surface area contributed by atoms with Crippen molar-refractivity contribution in [1.29, 1.82) is 0 Å². The Morgan fingerprint density at radius 3 is 2.41 bits per heavy atom. The molecule has 0 bridgehead atoms. The first-order valence-corrected chi connectivity index (χ1v) is 8.97. The van der Waals surface area contributed by atoms with Crippen LogP contribution in [0.3, 0.4) is 0 Å². The second kappa shape index (κ2) is 8.98. The van der Waals surface area contributed by atoms with Crippen LogP contribution in [-0.2, 0) is 0 Å². The third kappa shape index (κ3) is 5.41. The van der Waals surface area contributed by atoms with Crippen LogP contribution in [0.25, 0.3) is 0 Å². The molecule has 3 aromatic rings. The zero-order valence-corrected chi connectivity index (χ0v) is 15.9. The molecule has 6 heteroatoms. The van der Waals surface area contributed by atoms with E-state index >= 15 is 0 Å². The van der Waals surface area contributed by atoms with Crippen LogP contribution in [0.5, 0.6) is 11.5 Å². The molecule has 0 aliphatic carbocycles. The Hall–Kier alpha value is -3.15. The van der Waals surface area contributed by atoms with Gasteiger partial charge in [-0.25, -0.2) is 4.68 Å². The Bertz CT molecular complexity index is 872. The van der Waals surface area contributed by atoms with E-state index in [1.165, 1.54) is 23.8 Å². The summed E-state index contributed by atoms with van der Waals surface area (Å²) < 4.78 is 13.3. The van der Waals surface area contributed by atoms with E-state index in [1.807, 2.05) is 24.3 Å². The molecule has 1 heterocycles. The maximum atomic E-state index is 5.94. The van der Waals surface area contributed by atoms with Crippen molar-refractivity contribution in [2.24, 2.45) is 5.10 Å². The van der Waals surface area contributed by atoms with E-state index in [4.69, 9.17) is 9.47 Å². The molecule has 0 radical (unpaired) electrons. The zero-order valence-electron chi connectivity index (χ0n) is 15.9. The van der Waals surface area contributed by atoms with Gasteiger partial charge in [0, 0.05) is 0 Å². The SMILES string of the molecule is Cc1ccc(C(C)C)c(OCCOc2ccc(/C=N\n3cnnc3)cc2)c1. The third-order valence-electron chi connectivity index (χ3n) is 4.03. The van der Waals surface area contributed by atoms with Gasteiger partial charge in [-0.05, 0) is 59.9 Å². The van der Waals surface area contributed by atoms with Crippen molar-refractivity contribution < 1.29 is 9.47 Å². The number of hydrogen-bond donors (Lipinski definition) is 0. The van der Waals surface area contributed by atoms with E-state index in [1.54, 1.807) is 10.9 Å². The average molecular weight is 364 g/mol. The highest BCUT2D eigenvalue weighted by Crippen LogP contribution is 2.27. The number of ether oxygens (including phenoxy) is 2. The first-order valence-electron chi connectivity index (χ1n) is 8.97. The van der Waals surface area contributed by atoms with Crippen LogP contribution < -0.4 is 9.47 Å². The van der Waals surface area contributed by atoms with Gasteiger partial charge in [-0.1, -0.05) is 26.0 Å². The van der Waals surface area contributed by atoms with Gasteiger partial charge in [0.15, 0.2) is 0 Å². The quantitative estimate of drug-likeness (QED) is 0.447. The van der Waals surface area contributed by atoms with E-state index in [0.29, 0.717) is 19.1 Å². The Balaban J connectivity index is 1.49. The van der Waals surface area contributed by atoms with Crippen LogP contribution >= 0.6 is 0 Å². The molecule has 0 aliphatic heterocycles. The highest BCUT2D eigenvalue weighted by atomic mass is 16.5. The molecule has 0 atom stereocenters. The molecule has 140 valence electrons. The average Bonchev–Trinajstić information content (AvgIpc) is 3.18. The van der Waals surface area contributed by atoms with Gasteiger partial charge in [-0.3, -0.25) is 0 Å². The Morgan fingerprint density at radius 2 is 1.70 bits per heavy atom. The standard InChI is InChI=1S/C21H24N4O2/c1-16(2)20-9-4-17(3)12-21(20)27-11-10-26-19-7-5-18(6-8-19)13-24-25-14-22-23-15-25/h4-9,12-16H,10-11H2,1-3H3/b24-13-. The number of rotatable bonds is 8. The number of aryl methyl sites for hydroxylation is 1. The lowest BCUT2D eigenvalue weighted by molar-refractivity contribution is 0.215. The molecule has 2 aromatic carbocycles. The number of benzene rings is 2. The first-order chi connectivity index (χ1) is 13.1. The van der Waals surface area contributed by atoms with Gasteiger partial charge in [0.25, 0.3) is 0 Å². The second-order valence-corrected chi connectivity index (χ2v) is 6.55. The van der Waals surface area contributed by atoms with Crippen molar-refractivity contribution in [3.63, 3.8) is 0 Å². The minimum absolute atomic E-state index is 0.425. The predicted molar refractivity (Wildman–Crippen MR) is 106 cm³/mol. The highest BCUT2D eigenvalue weighted by Gasteiger charge is 2.08. The minimum Gasteiger partial charge on any atom is -0.490 e. The fourth-order valence-electron chi connectivity index (χ4n) is 2.59. The van der Waals surface area contributed by atoms with Crippen LogP contribution in [-0.4, -0.2) is 34.3 Å². The zero-order chi connectivity index (χ0) is 19.1. The molecule has 0 amide bonds. The summed E-state index contributed by atoms with van der Waals surface area (Å²) in [6.45, 7) is 7.39. The Kier molecular flexibility index (Phi) is 6.20. The van der Waals surface area contributed by atoms with E-state index in [2.05, 4.69) is 54.3 Å². The van der Waals surface area contributed by atoms with Gasteiger partial charge in [0.2, 0.25) is 0 Å². The van der Waals surface area contributed by atoms with Gasteiger partial charge in [0.05, 0.1) is 6.21 Å². The summed E-state index contributed by atoms with van der Waals surface area (Å²) in [4.78, 5) is 0. The lowest BCUT2D eigenvalue weighted by Gasteiger charge is -2.15. The van der Waals surface area contributed by atoms with Crippen molar-refractivity contribution in [1.82, 2.24) is 14.9 Å². The van der Waals surface area contributed by atoms with Gasteiger partial charge < -0.3 is 9.47 Å². The largest absolute Gasteiger partial charge is 0.490 e. The predicted octanol–water partition coefficient (Wildman–Crippen LogP) is 4.05. The Morgan fingerprint density at radius 1 is 1.00 bits per heavy atom. The summed E-state index contributed by atoms with van der Waals surface area (Å²) >= 11 is 0. The summed E-state index contributed by atoms with van der Waals surface area (Å²) in [6, 6.07) is 14.1. The fourth-order valence-corrected chi connectivity index (χ4v) is 2.59. The molecule has 0 unspecified atom stereocenters. The van der Waals surface area contributed by atoms with Gasteiger partial charge in [-0.2, -0.15) is 5.10 Å². The molecule has 0 N–H and O–H groups in total. The van der Waals surface area contributed by atoms with Crippen molar-refractivity contribution in [3.05, 3.63) is 71.8 Å². The van der Waals surface area contributed by atoms with Crippen molar-refractivity contribution >= 4 is 6.21 Å². The maximum absolute atomic E-state index is 5.94. The summed E-state index contributed by atoms with van der Waals surface area (Å²) in [5.41, 5.74) is 3.38. The van der Waals surface area contributed by atoms with Gasteiger partial charge in [0.1, 0.15) is 37.4 Å². The number of nitrogens with zero attached hydrogens (tertiary/aromatic N) is 4. The van der Waals surface area contributed by atoms with E-state index in [-0.39, 0.29) is 0 Å². The summed E-state index contributed by atoms with van der Waals surface area (Å²) in [7, 11) is 0. The minimum atomic E-state index is 0.425. The molecular weight excluding hydrogens is 340 g/mol. The monoisotopic (exact) mass is 364 g/mol. The third-order valence-corrected chi connectivity index (χ3v) is 4.03. The van der Waals surface area contributed by atoms with Crippen LogP contribution in [0.15, 0.2) is 60.2 Å². The van der Waals surface area contributed by atoms with Crippen molar-refractivity contribution in [2.45, 2.75) is 26.7 Å². The highest BCUT2D eigenvalue weighted by molar-refractivity contribution is 5.79. The normalized spacial score (nSPS) is 11.3. The topological polar surface area (TPSA) is 61.5 Å². The second-order valence-electron chi connectivity index (χ2n) is 6.55. The number of hydrogen-bond acceptors (Lipinski definition) is 5. The van der Waals surface area contributed by atoms with Crippen LogP contribution in [0, 0.1) is 6.92 Å². The summed E-state index contributed by atoms with van der Waals surface area (Å²) in [6.07, 6.45) is 4.81. The first kappa shape index (κ1) is 18.6. The summed E-state index contributed by atoms with van der Waals surface area (Å²) in [5.74, 6) is 2.16. The van der Waals surface area contributed by atoms with E-state index < -0.39 is 0 Å². The van der Waals surface area contributed by atoms with E-state index in [0.717, 1.165) is 17.1 Å². The Labute approximate surface area is 159 Å². The van der Waals surface area contributed by atoms with Crippen LogP contribution in [0.2, 0.25) is 0 Å². The molecule has 0 saturated heterocycles. The molecular formula is C21H24N4O2.